The Hall–Kier alpha value is -7.62. The molecule has 0 saturated carbocycles. The number of fused-ring (bicyclic) bond motifs is 6. The second kappa shape index (κ2) is 13.6. The first-order chi connectivity index (χ1) is 28.3. The minimum Gasteiger partial charge on any atom is -0.456 e. The second-order valence-electron chi connectivity index (χ2n) is 14.5. The maximum Gasteiger partial charge on any atom is 0.135 e. The highest BCUT2D eigenvalue weighted by atomic mass is 16.3. The van der Waals surface area contributed by atoms with Crippen molar-refractivity contribution in [3.05, 3.63) is 218 Å². The lowest BCUT2D eigenvalue weighted by Crippen LogP contribution is -2.11. The zero-order valence-electron chi connectivity index (χ0n) is 31.1. The molecule has 3 nitrogen and oxygen atoms in total. The van der Waals surface area contributed by atoms with E-state index in [0.29, 0.717) is 0 Å². The minimum atomic E-state index is 0.874. The van der Waals surface area contributed by atoms with E-state index >= 15 is 0 Å². The summed E-state index contributed by atoms with van der Waals surface area (Å²) in [5.74, 6) is 0. The third kappa shape index (κ3) is 5.51. The summed E-state index contributed by atoms with van der Waals surface area (Å²) in [5.41, 5.74) is 15.5. The van der Waals surface area contributed by atoms with Crippen LogP contribution in [0.2, 0.25) is 0 Å². The van der Waals surface area contributed by atoms with E-state index in [-0.39, 0.29) is 0 Å². The highest BCUT2D eigenvalue weighted by Gasteiger charge is 2.23. The highest BCUT2D eigenvalue weighted by Crippen LogP contribution is 2.46. The molecule has 0 saturated heterocycles. The number of hydrogen-bond acceptors (Lipinski definition) is 2. The van der Waals surface area contributed by atoms with Gasteiger partial charge in [-0.25, -0.2) is 0 Å². The Morgan fingerprint density at radius 1 is 0.351 bits per heavy atom. The lowest BCUT2D eigenvalue weighted by molar-refractivity contribution is 0.669. The molecule has 0 aliphatic rings. The Morgan fingerprint density at radius 3 is 1.72 bits per heavy atom. The molecular formula is C54H36N2O. The van der Waals surface area contributed by atoms with Gasteiger partial charge in [0.05, 0.1) is 16.7 Å². The van der Waals surface area contributed by atoms with E-state index in [4.69, 9.17) is 4.42 Å². The molecule has 0 atom stereocenters. The molecular weight excluding hydrogens is 693 g/mol. The predicted molar refractivity (Wildman–Crippen MR) is 239 cm³/mol. The third-order valence-electron chi connectivity index (χ3n) is 11.2. The molecule has 11 rings (SSSR count). The fraction of sp³-hybridized carbons (Fsp3) is 0. The molecule has 3 heteroatoms. The number of aromatic nitrogens is 1. The zero-order chi connectivity index (χ0) is 37.7. The van der Waals surface area contributed by atoms with E-state index in [1.807, 2.05) is 12.1 Å². The van der Waals surface area contributed by atoms with Gasteiger partial charge in [0.1, 0.15) is 11.2 Å². The number of para-hydroxylation sites is 3. The molecule has 0 aliphatic heterocycles. The van der Waals surface area contributed by atoms with E-state index in [0.717, 1.165) is 66.8 Å². The number of rotatable bonds is 7. The van der Waals surface area contributed by atoms with E-state index < -0.39 is 0 Å². The number of nitrogens with zero attached hydrogens (tertiary/aromatic N) is 2. The Kier molecular flexibility index (Phi) is 7.82. The molecule has 0 spiro atoms. The molecule has 0 fully saturated rings. The van der Waals surface area contributed by atoms with Crippen molar-refractivity contribution in [3.8, 4) is 39.1 Å². The smallest absolute Gasteiger partial charge is 0.135 e. The average Bonchev–Trinajstić information content (AvgIpc) is 3.83. The summed E-state index contributed by atoms with van der Waals surface area (Å²) in [6.07, 6.45) is 0. The van der Waals surface area contributed by atoms with Gasteiger partial charge < -0.3 is 13.9 Å². The van der Waals surface area contributed by atoms with Gasteiger partial charge in [-0.05, 0) is 88.5 Å². The van der Waals surface area contributed by atoms with E-state index in [1.54, 1.807) is 0 Å². The molecule has 9 aromatic carbocycles. The molecule has 0 radical (unpaired) electrons. The van der Waals surface area contributed by atoms with Crippen LogP contribution in [-0.2, 0) is 0 Å². The molecule has 2 aromatic heterocycles. The monoisotopic (exact) mass is 728 g/mol. The largest absolute Gasteiger partial charge is 0.456 e. The number of anilines is 3. The van der Waals surface area contributed by atoms with Gasteiger partial charge >= 0.3 is 0 Å². The van der Waals surface area contributed by atoms with Crippen molar-refractivity contribution in [2.45, 2.75) is 0 Å². The van der Waals surface area contributed by atoms with Crippen molar-refractivity contribution in [2.75, 3.05) is 4.90 Å². The van der Waals surface area contributed by atoms with Gasteiger partial charge in [-0.15, -0.1) is 0 Å². The molecule has 11 aromatic rings. The van der Waals surface area contributed by atoms with Crippen molar-refractivity contribution in [3.63, 3.8) is 0 Å². The summed E-state index contributed by atoms with van der Waals surface area (Å²) in [5, 5.41) is 4.62. The molecule has 0 bridgehead atoms. The fourth-order valence-electron chi connectivity index (χ4n) is 8.67. The maximum absolute atomic E-state index is 6.31. The van der Waals surface area contributed by atoms with Crippen molar-refractivity contribution in [2.24, 2.45) is 0 Å². The topological polar surface area (TPSA) is 21.3 Å². The third-order valence-corrected chi connectivity index (χ3v) is 11.2. The van der Waals surface area contributed by atoms with Crippen LogP contribution in [0.25, 0.3) is 82.8 Å². The average molecular weight is 729 g/mol. The number of benzene rings is 9. The van der Waals surface area contributed by atoms with Crippen molar-refractivity contribution < 1.29 is 4.42 Å². The van der Waals surface area contributed by atoms with Crippen LogP contribution >= 0.6 is 0 Å². The molecule has 0 N–H and O–H groups in total. The van der Waals surface area contributed by atoms with Crippen LogP contribution in [0.5, 0.6) is 0 Å². The van der Waals surface area contributed by atoms with Crippen LogP contribution in [0.4, 0.5) is 17.1 Å². The summed E-state index contributed by atoms with van der Waals surface area (Å²) < 4.78 is 8.74. The Morgan fingerprint density at radius 2 is 0.930 bits per heavy atom. The maximum atomic E-state index is 6.31. The summed E-state index contributed by atoms with van der Waals surface area (Å²) in [7, 11) is 0. The van der Waals surface area contributed by atoms with Gasteiger partial charge in [0.25, 0.3) is 0 Å². The van der Waals surface area contributed by atoms with Gasteiger partial charge in [-0.3, -0.25) is 0 Å². The van der Waals surface area contributed by atoms with E-state index in [2.05, 4.69) is 216 Å². The summed E-state index contributed by atoms with van der Waals surface area (Å²) in [4.78, 5) is 2.40. The number of hydrogen-bond donors (Lipinski definition) is 0. The SMILES string of the molecule is c1ccc(-c2ccccc2-c2cccc3c2c2ccc(N(c4ccc5oc6ccccc6c5c4)c4ccccc4-c4ccccc4)cc2n3-c2ccccc2)cc1. The molecule has 0 aliphatic carbocycles. The molecule has 268 valence electrons. The van der Waals surface area contributed by atoms with Crippen molar-refractivity contribution in [1.29, 1.82) is 0 Å². The lowest BCUT2D eigenvalue weighted by atomic mass is 9.92. The van der Waals surface area contributed by atoms with Gasteiger partial charge in [-0.2, -0.15) is 0 Å². The van der Waals surface area contributed by atoms with Crippen LogP contribution < -0.4 is 4.90 Å². The van der Waals surface area contributed by atoms with Crippen molar-refractivity contribution in [1.82, 2.24) is 4.57 Å². The molecule has 0 amide bonds. The quantitative estimate of drug-likeness (QED) is 0.163. The fourth-order valence-corrected chi connectivity index (χ4v) is 8.67. The molecule has 0 unspecified atom stereocenters. The number of furan rings is 1. The summed E-state index contributed by atoms with van der Waals surface area (Å²) in [6, 6.07) is 78.2. The first-order valence-electron chi connectivity index (χ1n) is 19.4. The Balaban J connectivity index is 1.20. The molecule has 2 heterocycles. The molecule has 57 heavy (non-hydrogen) atoms. The van der Waals surface area contributed by atoms with Gasteiger partial charge in [0.2, 0.25) is 0 Å². The normalized spacial score (nSPS) is 11.5. The van der Waals surface area contributed by atoms with Crippen LogP contribution in [0.1, 0.15) is 0 Å². The summed E-state index contributed by atoms with van der Waals surface area (Å²) in [6.45, 7) is 0. The highest BCUT2D eigenvalue weighted by molar-refractivity contribution is 6.17. The van der Waals surface area contributed by atoms with Crippen molar-refractivity contribution >= 4 is 60.8 Å². The zero-order valence-corrected chi connectivity index (χ0v) is 31.1. The first kappa shape index (κ1) is 32.8. The van der Waals surface area contributed by atoms with E-state index in [1.165, 1.54) is 33.0 Å². The standard InChI is InChI=1S/C54H36N2O/c1-4-17-37(18-5-1)42-23-10-11-25-44(42)46-27-16-29-50-54(46)47-33-31-41(36-51(47)56(50)39-21-8-3-9-22-39)55(49-28-14-12-24-43(49)38-19-6-2-7-20-38)40-32-34-53-48(35-40)45-26-13-15-30-52(45)57-53/h1-36H. The Bertz CT molecular complexity index is 3230. The van der Waals surface area contributed by atoms with Crippen LogP contribution in [0, 0.1) is 0 Å². The lowest BCUT2D eigenvalue weighted by Gasteiger charge is -2.28. The first-order valence-corrected chi connectivity index (χ1v) is 19.4. The van der Waals surface area contributed by atoms with Crippen LogP contribution in [-0.4, -0.2) is 4.57 Å². The minimum absolute atomic E-state index is 0.874. The van der Waals surface area contributed by atoms with E-state index in [9.17, 15) is 0 Å². The summed E-state index contributed by atoms with van der Waals surface area (Å²) >= 11 is 0. The van der Waals surface area contributed by atoms with Crippen LogP contribution in [0.15, 0.2) is 223 Å². The predicted octanol–water partition coefficient (Wildman–Crippen LogP) is 15.2. The Labute approximate surface area is 330 Å². The second-order valence-corrected chi connectivity index (χ2v) is 14.5. The van der Waals surface area contributed by atoms with Crippen LogP contribution in [0.3, 0.4) is 0 Å². The van der Waals surface area contributed by atoms with Gasteiger partial charge in [0.15, 0.2) is 0 Å². The van der Waals surface area contributed by atoms with Gasteiger partial charge in [0, 0.05) is 44.2 Å². The van der Waals surface area contributed by atoms with Gasteiger partial charge in [-0.1, -0.05) is 158 Å².